The fourth-order valence-corrected chi connectivity index (χ4v) is 3.75. The van der Waals surface area contributed by atoms with Gasteiger partial charge >= 0.3 is 0 Å². The van der Waals surface area contributed by atoms with Crippen molar-refractivity contribution in [1.82, 2.24) is 4.90 Å². The molecule has 1 N–H and O–H groups in total. The molecule has 1 unspecified atom stereocenters. The smallest absolute Gasteiger partial charge is 0.241 e. The molecule has 0 aromatic heterocycles. The molecule has 0 bridgehead atoms. The second kappa shape index (κ2) is 8.37. The number of likely N-dealkylation sites (N-methyl/N-ethyl adjacent to an activating group) is 1. The van der Waals surface area contributed by atoms with E-state index in [-0.39, 0.29) is 29.8 Å². The molecular weight excluding hydrogens is 362 g/mol. The van der Waals surface area contributed by atoms with E-state index < -0.39 is 0 Å². The lowest BCUT2D eigenvalue weighted by atomic mass is 9.87. The second-order valence-corrected chi connectivity index (χ2v) is 9.00. The number of nitrogens with one attached hydrogen (secondary N) is 1. The summed E-state index contributed by atoms with van der Waals surface area (Å²) in [4.78, 5) is 29.1. The van der Waals surface area contributed by atoms with E-state index >= 15 is 0 Å². The van der Waals surface area contributed by atoms with Crippen molar-refractivity contribution in [2.24, 2.45) is 0 Å². The zero-order chi connectivity index (χ0) is 21.2. The number of nitrogens with zero attached hydrogens (tertiary/aromatic N) is 2. The van der Waals surface area contributed by atoms with Gasteiger partial charge in [0.2, 0.25) is 11.8 Å². The molecule has 5 heteroatoms. The molecule has 3 rings (SSSR count). The lowest BCUT2D eigenvalue weighted by Crippen LogP contribution is -2.44. The van der Waals surface area contributed by atoms with Crippen LogP contribution in [0.15, 0.2) is 48.5 Å². The summed E-state index contributed by atoms with van der Waals surface area (Å²) in [7, 11) is 1.95. The molecule has 29 heavy (non-hydrogen) atoms. The van der Waals surface area contributed by atoms with Gasteiger partial charge in [-0.3, -0.25) is 14.5 Å². The van der Waals surface area contributed by atoms with Crippen molar-refractivity contribution in [1.29, 1.82) is 0 Å². The zero-order valence-corrected chi connectivity index (χ0v) is 18.0. The van der Waals surface area contributed by atoms with E-state index in [0.29, 0.717) is 18.7 Å². The van der Waals surface area contributed by atoms with Crippen LogP contribution >= 0.6 is 0 Å². The molecule has 0 aliphatic carbocycles. The van der Waals surface area contributed by atoms with Crippen LogP contribution in [0, 0.1) is 0 Å². The lowest BCUT2D eigenvalue weighted by molar-refractivity contribution is -0.120. The monoisotopic (exact) mass is 393 g/mol. The van der Waals surface area contributed by atoms with E-state index in [0.717, 1.165) is 5.69 Å². The number of carbonyl (C=O) groups is 2. The SMILES string of the molecule is CC1CC(=O)Nc2ccccc2N1C(=O)CN(C)Cc1ccc(C(C)(C)C)cc1. The number of fused-ring (bicyclic) bond motifs is 1. The molecule has 0 fully saturated rings. The van der Waals surface area contributed by atoms with Crippen molar-refractivity contribution < 1.29 is 9.59 Å². The molecule has 0 saturated heterocycles. The van der Waals surface area contributed by atoms with Crippen molar-refractivity contribution in [3.63, 3.8) is 0 Å². The van der Waals surface area contributed by atoms with Crippen molar-refractivity contribution >= 4 is 23.2 Å². The zero-order valence-electron chi connectivity index (χ0n) is 18.0. The Labute approximate surface area is 173 Å². The molecule has 1 aliphatic heterocycles. The van der Waals surface area contributed by atoms with Gasteiger partial charge in [0, 0.05) is 19.0 Å². The first-order chi connectivity index (χ1) is 13.6. The van der Waals surface area contributed by atoms with Crippen LogP contribution in [0.3, 0.4) is 0 Å². The number of benzene rings is 2. The molecule has 1 heterocycles. The van der Waals surface area contributed by atoms with Crippen molar-refractivity contribution in [3.05, 3.63) is 59.7 Å². The Morgan fingerprint density at radius 1 is 1.14 bits per heavy atom. The highest BCUT2D eigenvalue weighted by molar-refractivity contribution is 6.04. The predicted octanol–water partition coefficient (Wildman–Crippen LogP) is 4.18. The highest BCUT2D eigenvalue weighted by Gasteiger charge is 2.29. The summed E-state index contributed by atoms with van der Waals surface area (Å²) in [5, 5.41) is 2.90. The maximum Gasteiger partial charge on any atom is 0.241 e. The van der Waals surface area contributed by atoms with Crippen LogP contribution in [0.4, 0.5) is 11.4 Å². The molecule has 1 aliphatic rings. The van der Waals surface area contributed by atoms with E-state index in [2.05, 4.69) is 50.4 Å². The molecule has 2 aromatic carbocycles. The Kier molecular flexibility index (Phi) is 6.08. The highest BCUT2D eigenvalue weighted by Crippen LogP contribution is 2.31. The average molecular weight is 394 g/mol. The molecule has 5 nitrogen and oxygen atoms in total. The predicted molar refractivity (Wildman–Crippen MR) is 118 cm³/mol. The minimum Gasteiger partial charge on any atom is -0.324 e. The third kappa shape index (κ3) is 5.04. The minimum absolute atomic E-state index is 0.00439. The van der Waals surface area contributed by atoms with E-state index in [1.54, 1.807) is 4.90 Å². The quantitative estimate of drug-likeness (QED) is 0.848. The standard InChI is InChI=1S/C24H31N3O2/c1-17-14-22(28)25-20-8-6-7-9-21(20)27(17)23(29)16-26(5)15-18-10-12-19(13-11-18)24(2,3)4/h6-13,17H,14-16H2,1-5H3,(H,25,28). The minimum atomic E-state index is -0.189. The van der Waals surface area contributed by atoms with E-state index in [4.69, 9.17) is 0 Å². The number of rotatable bonds is 4. The van der Waals surface area contributed by atoms with Crippen LogP contribution in [-0.2, 0) is 21.5 Å². The number of para-hydroxylation sites is 2. The summed E-state index contributed by atoms with van der Waals surface area (Å²) in [6.45, 7) is 9.50. The number of hydrogen-bond donors (Lipinski definition) is 1. The van der Waals surface area contributed by atoms with Crippen LogP contribution in [0.1, 0.15) is 45.2 Å². The van der Waals surface area contributed by atoms with Crippen molar-refractivity contribution in [3.8, 4) is 0 Å². The van der Waals surface area contributed by atoms with Gasteiger partial charge in [0.1, 0.15) is 0 Å². The van der Waals surface area contributed by atoms with Gasteiger partial charge in [-0.1, -0.05) is 57.2 Å². The summed E-state index contributed by atoms with van der Waals surface area (Å²) in [6.07, 6.45) is 0.290. The average Bonchev–Trinajstić information content (AvgIpc) is 2.75. The molecule has 0 saturated carbocycles. The Hall–Kier alpha value is -2.66. The van der Waals surface area contributed by atoms with E-state index in [9.17, 15) is 9.59 Å². The summed E-state index contributed by atoms with van der Waals surface area (Å²) in [5.74, 6) is -0.0668. The largest absolute Gasteiger partial charge is 0.324 e. The fraction of sp³-hybridized carbons (Fsp3) is 0.417. The second-order valence-electron chi connectivity index (χ2n) is 9.00. The number of hydrogen-bond acceptors (Lipinski definition) is 3. The van der Waals surface area contributed by atoms with Gasteiger partial charge in [-0.2, -0.15) is 0 Å². The van der Waals surface area contributed by atoms with Crippen LogP contribution in [0.5, 0.6) is 0 Å². The van der Waals surface area contributed by atoms with Gasteiger partial charge in [-0.15, -0.1) is 0 Å². The Morgan fingerprint density at radius 2 is 1.79 bits per heavy atom. The van der Waals surface area contributed by atoms with Gasteiger partial charge < -0.3 is 10.2 Å². The first-order valence-electron chi connectivity index (χ1n) is 10.1. The molecule has 0 spiro atoms. The van der Waals surface area contributed by atoms with E-state index in [1.807, 2.05) is 43.1 Å². The van der Waals surface area contributed by atoms with Crippen LogP contribution in [0.25, 0.3) is 0 Å². The van der Waals surface area contributed by atoms with Crippen LogP contribution in [-0.4, -0.2) is 36.3 Å². The maximum atomic E-state index is 13.2. The van der Waals surface area contributed by atoms with Gasteiger partial charge in [-0.05, 0) is 42.6 Å². The summed E-state index contributed by atoms with van der Waals surface area (Å²) >= 11 is 0. The topological polar surface area (TPSA) is 52.7 Å². The maximum absolute atomic E-state index is 13.2. The number of anilines is 2. The first kappa shape index (κ1) is 21.1. The Balaban J connectivity index is 1.71. The molecule has 2 aromatic rings. The highest BCUT2D eigenvalue weighted by atomic mass is 16.2. The van der Waals surface area contributed by atoms with Gasteiger partial charge in [-0.25, -0.2) is 0 Å². The molecule has 0 radical (unpaired) electrons. The number of amides is 2. The normalized spacial score (nSPS) is 17.0. The van der Waals surface area contributed by atoms with Gasteiger partial charge in [0.25, 0.3) is 0 Å². The summed E-state index contributed by atoms with van der Waals surface area (Å²) in [6, 6.07) is 15.9. The van der Waals surface area contributed by atoms with Gasteiger partial charge in [0.05, 0.1) is 17.9 Å². The van der Waals surface area contributed by atoms with Crippen LogP contribution < -0.4 is 10.2 Å². The molecule has 154 valence electrons. The van der Waals surface area contributed by atoms with Crippen molar-refractivity contribution in [2.45, 2.75) is 52.1 Å². The third-order valence-electron chi connectivity index (χ3n) is 5.31. The third-order valence-corrected chi connectivity index (χ3v) is 5.31. The summed E-state index contributed by atoms with van der Waals surface area (Å²) in [5.41, 5.74) is 4.05. The molecule has 2 amide bonds. The number of carbonyl (C=O) groups excluding carboxylic acids is 2. The van der Waals surface area contributed by atoms with Gasteiger partial charge in [0.15, 0.2) is 0 Å². The Bertz CT molecular complexity index is 884. The molecule has 1 atom stereocenters. The lowest BCUT2D eigenvalue weighted by Gasteiger charge is -2.29. The Morgan fingerprint density at radius 3 is 2.45 bits per heavy atom. The van der Waals surface area contributed by atoms with E-state index in [1.165, 1.54) is 11.1 Å². The first-order valence-corrected chi connectivity index (χ1v) is 10.1. The fourth-order valence-electron chi connectivity index (χ4n) is 3.75. The molecular formula is C24H31N3O2. The summed E-state index contributed by atoms with van der Waals surface area (Å²) < 4.78 is 0. The van der Waals surface area contributed by atoms with Crippen LogP contribution in [0.2, 0.25) is 0 Å². The van der Waals surface area contributed by atoms with Crippen molar-refractivity contribution in [2.75, 3.05) is 23.8 Å².